The molecular weight excluding hydrogens is 290 g/mol. The minimum Gasteiger partial charge on any atom is -0.494 e. The quantitative estimate of drug-likeness (QED) is 0.345. The van der Waals surface area contributed by atoms with Crippen molar-refractivity contribution in [1.29, 1.82) is 0 Å². The topological polar surface area (TPSA) is 47.9 Å². The normalized spacial score (nSPS) is 10.5. The van der Waals surface area contributed by atoms with Gasteiger partial charge < -0.3 is 9.47 Å². The second-order valence-electron chi connectivity index (χ2n) is 4.92. The van der Waals surface area contributed by atoms with Crippen LogP contribution in [0.1, 0.15) is 19.4 Å². The van der Waals surface area contributed by atoms with Crippen LogP contribution in [0, 0.1) is 0 Å². The van der Waals surface area contributed by atoms with Crippen LogP contribution < -0.4 is 9.47 Å². The van der Waals surface area contributed by atoms with Crippen molar-refractivity contribution in [3.63, 3.8) is 0 Å². The molecule has 0 aromatic heterocycles. The molecular formula is C19H19NO3. The summed E-state index contributed by atoms with van der Waals surface area (Å²) in [6.07, 6.45) is 1.75. The summed E-state index contributed by atoms with van der Waals surface area (Å²) in [5, 5.41) is 0. The first kappa shape index (κ1) is 16.5. The van der Waals surface area contributed by atoms with Crippen molar-refractivity contribution < 1.29 is 14.3 Å². The van der Waals surface area contributed by atoms with E-state index in [0.717, 1.165) is 17.0 Å². The molecule has 2 rings (SSSR count). The van der Waals surface area contributed by atoms with Gasteiger partial charge in [0.2, 0.25) is 0 Å². The number of rotatable bonds is 6. The van der Waals surface area contributed by atoms with E-state index >= 15 is 0 Å². The highest BCUT2D eigenvalue weighted by Crippen LogP contribution is 2.18. The Morgan fingerprint density at radius 3 is 2.26 bits per heavy atom. The molecule has 0 unspecified atom stereocenters. The zero-order valence-corrected chi connectivity index (χ0v) is 13.3. The monoisotopic (exact) mass is 309 g/mol. The van der Waals surface area contributed by atoms with Gasteiger partial charge in [0.25, 0.3) is 0 Å². The Hall–Kier alpha value is -2.88. The Labute approximate surface area is 136 Å². The predicted octanol–water partition coefficient (Wildman–Crippen LogP) is 4.32. The average molecular weight is 309 g/mol. The van der Waals surface area contributed by atoms with E-state index in [1.165, 1.54) is 0 Å². The van der Waals surface area contributed by atoms with Crippen LogP contribution in [0.2, 0.25) is 0 Å². The molecule has 0 heterocycles. The lowest BCUT2D eigenvalue weighted by Gasteiger charge is -2.04. The third-order valence-corrected chi connectivity index (χ3v) is 2.95. The van der Waals surface area contributed by atoms with Crippen LogP contribution in [-0.2, 0) is 4.79 Å². The van der Waals surface area contributed by atoms with Gasteiger partial charge in [-0.1, -0.05) is 6.58 Å². The molecule has 0 bridgehead atoms. The van der Waals surface area contributed by atoms with Crippen LogP contribution in [-0.4, -0.2) is 18.8 Å². The van der Waals surface area contributed by atoms with Crippen molar-refractivity contribution in [3.05, 3.63) is 66.2 Å². The number of aliphatic imine (C=N–C) groups is 1. The first-order chi connectivity index (χ1) is 11.1. The van der Waals surface area contributed by atoms with Crippen LogP contribution in [0.25, 0.3) is 0 Å². The third-order valence-electron chi connectivity index (χ3n) is 2.95. The van der Waals surface area contributed by atoms with Crippen molar-refractivity contribution in [2.75, 3.05) is 6.61 Å². The molecule has 2 aromatic carbocycles. The Balaban J connectivity index is 1.99. The number of ether oxygens (including phenoxy) is 2. The minimum atomic E-state index is -0.430. The van der Waals surface area contributed by atoms with E-state index in [0.29, 0.717) is 17.9 Å². The molecule has 0 amide bonds. The zero-order chi connectivity index (χ0) is 16.7. The number of nitrogens with zero attached hydrogens (tertiary/aromatic N) is 1. The lowest BCUT2D eigenvalue weighted by atomic mass is 10.2. The Morgan fingerprint density at radius 2 is 1.70 bits per heavy atom. The minimum absolute atomic E-state index is 0.367. The summed E-state index contributed by atoms with van der Waals surface area (Å²) < 4.78 is 10.5. The summed E-state index contributed by atoms with van der Waals surface area (Å²) in [6.45, 7) is 7.75. The molecule has 0 aliphatic rings. The maximum atomic E-state index is 11.4. The van der Waals surface area contributed by atoms with Crippen LogP contribution in [0.4, 0.5) is 5.69 Å². The number of carbonyl (C=O) groups is 1. The molecule has 4 heteroatoms. The molecule has 118 valence electrons. The Kier molecular flexibility index (Phi) is 5.69. The van der Waals surface area contributed by atoms with Gasteiger partial charge in [0.05, 0.1) is 12.3 Å². The summed E-state index contributed by atoms with van der Waals surface area (Å²) in [5.41, 5.74) is 2.12. The molecule has 0 atom stereocenters. The van der Waals surface area contributed by atoms with Crippen molar-refractivity contribution in [3.8, 4) is 11.5 Å². The van der Waals surface area contributed by atoms with Crippen LogP contribution in [0.3, 0.4) is 0 Å². The highest BCUT2D eigenvalue weighted by Gasteiger charge is 2.04. The van der Waals surface area contributed by atoms with E-state index in [2.05, 4.69) is 11.6 Å². The maximum absolute atomic E-state index is 11.4. The fourth-order valence-corrected chi connectivity index (χ4v) is 1.76. The van der Waals surface area contributed by atoms with E-state index < -0.39 is 5.97 Å². The molecule has 23 heavy (non-hydrogen) atoms. The fraction of sp³-hybridized carbons (Fsp3) is 0.158. The van der Waals surface area contributed by atoms with Gasteiger partial charge in [-0.05, 0) is 67.9 Å². The fourth-order valence-electron chi connectivity index (χ4n) is 1.76. The highest BCUT2D eigenvalue weighted by molar-refractivity contribution is 5.89. The van der Waals surface area contributed by atoms with Gasteiger partial charge in [0.1, 0.15) is 11.5 Å². The molecule has 0 aliphatic heterocycles. The molecule has 4 nitrogen and oxygen atoms in total. The predicted molar refractivity (Wildman–Crippen MR) is 91.8 cm³/mol. The lowest BCUT2D eigenvalue weighted by Crippen LogP contribution is -2.07. The Morgan fingerprint density at radius 1 is 1.09 bits per heavy atom. The molecule has 0 saturated heterocycles. The van der Waals surface area contributed by atoms with Crippen molar-refractivity contribution in [2.45, 2.75) is 13.8 Å². The van der Waals surface area contributed by atoms with Crippen LogP contribution in [0.5, 0.6) is 11.5 Å². The van der Waals surface area contributed by atoms with Gasteiger partial charge in [-0.2, -0.15) is 0 Å². The first-order valence-electron chi connectivity index (χ1n) is 7.33. The summed E-state index contributed by atoms with van der Waals surface area (Å²) in [7, 11) is 0. The number of benzene rings is 2. The van der Waals surface area contributed by atoms with Crippen molar-refractivity contribution >= 4 is 17.9 Å². The molecule has 0 aliphatic carbocycles. The van der Waals surface area contributed by atoms with E-state index in [4.69, 9.17) is 9.47 Å². The van der Waals surface area contributed by atoms with Crippen molar-refractivity contribution in [2.24, 2.45) is 4.99 Å². The van der Waals surface area contributed by atoms with Crippen molar-refractivity contribution in [1.82, 2.24) is 0 Å². The number of hydrogen-bond acceptors (Lipinski definition) is 4. The molecule has 0 fully saturated rings. The van der Waals surface area contributed by atoms with Gasteiger partial charge in [-0.25, -0.2) is 4.79 Å². The standard InChI is InChI=1S/C19H19NO3/c1-4-22-17-11-7-16(8-12-17)20-13-15-5-9-18(10-6-15)23-19(21)14(2)3/h5-13H,2,4H2,1,3H3. The van der Waals surface area contributed by atoms with Crippen LogP contribution >= 0.6 is 0 Å². The molecule has 0 radical (unpaired) electrons. The first-order valence-corrected chi connectivity index (χ1v) is 7.33. The average Bonchev–Trinajstić information content (AvgIpc) is 2.55. The van der Waals surface area contributed by atoms with Gasteiger partial charge in [-0.3, -0.25) is 4.99 Å². The summed E-state index contributed by atoms with van der Waals surface area (Å²) in [5.74, 6) is 0.882. The van der Waals surface area contributed by atoms with Gasteiger partial charge in [0, 0.05) is 11.8 Å². The summed E-state index contributed by atoms with van der Waals surface area (Å²) in [4.78, 5) is 15.8. The number of esters is 1. The van der Waals surface area contributed by atoms with Crippen LogP contribution in [0.15, 0.2) is 65.7 Å². The van der Waals surface area contributed by atoms with E-state index in [9.17, 15) is 4.79 Å². The Bertz CT molecular complexity index is 700. The van der Waals surface area contributed by atoms with E-state index in [1.54, 1.807) is 25.3 Å². The number of carbonyl (C=O) groups excluding carboxylic acids is 1. The number of hydrogen-bond donors (Lipinski definition) is 0. The molecule has 0 N–H and O–H groups in total. The second kappa shape index (κ2) is 7.94. The summed E-state index contributed by atoms with van der Waals surface area (Å²) >= 11 is 0. The third kappa shape index (κ3) is 5.11. The zero-order valence-electron chi connectivity index (χ0n) is 13.3. The molecule has 0 spiro atoms. The van der Waals surface area contributed by atoms with Gasteiger partial charge in [0.15, 0.2) is 0 Å². The SMILES string of the molecule is C=C(C)C(=O)Oc1ccc(C=Nc2ccc(OCC)cc2)cc1. The van der Waals surface area contributed by atoms with E-state index in [1.807, 2.05) is 43.3 Å². The largest absolute Gasteiger partial charge is 0.494 e. The van der Waals surface area contributed by atoms with Gasteiger partial charge in [-0.15, -0.1) is 0 Å². The maximum Gasteiger partial charge on any atom is 0.338 e. The molecule has 0 saturated carbocycles. The lowest BCUT2D eigenvalue weighted by molar-refractivity contribution is -0.130. The van der Waals surface area contributed by atoms with Gasteiger partial charge >= 0.3 is 5.97 Å². The summed E-state index contributed by atoms with van der Waals surface area (Å²) in [6, 6.07) is 14.7. The molecule has 2 aromatic rings. The smallest absolute Gasteiger partial charge is 0.338 e. The van der Waals surface area contributed by atoms with E-state index in [-0.39, 0.29) is 0 Å². The second-order valence-corrected chi connectivity index (χ2v) is 4.92. The highest BCUT2D eigenvalue weighted by atomic mass is 16.5.